The van der Waals surface area contributed by atoms with Crippen molar-refractivity contribution in [2.45, 2.75) is 38.6 Å². The lowest BCUT2D eigenvalue weighted by Gasteiger charge is -2.39. The summed E-state index contributed by atoms with van der Waals surface area (Å²) in [4.78, 5) is 30.9. The molecule has 2 N–H and O–H groups in total. The van der Waals surface area contributed by atoms with Crippen molar-refractivity contribution in [3.8, 4) is 5.75 Å². The lowest BCUT2D eigenvalue weighted by Crippen LogP contribution is -2.48. The van der Waals surface area contributed by atoms with E-state index in [9.17, 15) is 9.36 Å². The summed E-state index contributed by atoms with van der Waals surface area (Å²) in [5.41, 5.74) is 4.49. The number of carbonyl (C=O) groups excluding carboxylic acids is 1. The van der Waals surface area contributed by atoms with E-state index in [1.54, 1.807) is 32.8 Å². The van der Waals surface area contributed by atoms with Crippen LogP contribution in [-0.2, 0) is 20.5 Å². The molecule has 2 aromatic carbocycles. The first-order valence-corrected chi connectivity index (χ1v) is 19.4. The number of para-hydroxylation sites is 1. The topological polar surface area (TPSA) is 122 Å². The molecule has 2 aliphatic heterocycles. The smallest absolute Gasteiger partial charge is 0.248 e. The number of anilines is 5. The number of halogens is 1. The molecule has 6 rings (SSSR count). The van der Waals surface area contributed by atoms with Gasteiger partial charge in [0.25, 0.3) is 0 Å². The van der Waals surface area contributed by atoms with Crippen molar-refractivity contribution in [1.29, 1.82) is 0 Å². The lowest BCUT2D eigenvalue weighted by atomic mass is 9.99. The van der Waals surface area contributed by atoms with Crippen LogP contribution in [0.15, 0.2) is 53.3 Å². The Bertz CT molecular complexity index is 1830. The fourth-order valence-corrected chi connectivity index (χ4v) is 8.28. The van der Waals surface area contributed by atoms with Crippen LogP contribution in [-0.4, -0.2) is 85.1 Å². The monoisotopic (exact) mass is 721 g/mol. The lowest BCUT2D eigenvalue weighted by molar-refractivity contribution is -0.136. The van der Waals surface area contributed by atoms with Crippen molar-refractivity contribution in [2.24, 2.45) is 0 Å². The van der Waals surface area contributed by atoms with Crippen LogP contribution in [0.4, 0.5) is 28.8 Å². The van der Waals surface area contributed by atoms with Gasteiger partial charge in [0.15, 0.2) is 0 Å². The van der Waals surface area contributed by atoms with Crippen molar-refractivity contribution in [2.75, 3.05) is 68.8 Å². The number of pyridine rings is 1. The van der Waals surface area contributed by atoms with Gasteiger partial charge in [-0.05, 0) is 72.6 Å². The molecule has 0 bridgehead atoms. The van der Waals surface area contributed by atoms with Crippen molar-refractivity contribution in [3.63, 3.8) is 0 Å². The van der Waals surface area contributed by atoms with Crippen LogP contribution in [0.1, 0.15) is 31.7 Å². The highest BCUT2D eigenvalue weighted by Gasteiger charge is 2.30. The summed E-state index contributed by atoms with van der Waals surface area (Å²) in [6.45, 7) is 8.99. The second kappa shape index (κ2) is 14.2. The number of aryl methyl sites for hydroxylation is 1. The third-order valence-electron chi connectivity index (χ3n) is 8.79. The van der Waals surface area contributed by atoms with E-state index in [-0.39, 0.29) is 18.6 Å². The fourth-order valence-electron chi connectivity index (χ4n) is 6.53. The summed E-state index contributed by atoms with van der Waals surface area (Å²) in [5.74, 6) is 1.67. The Morgan fingerprint density at radius 2 is 1.85 bits per heavy atom. The number of amides is 1. The molecule has 0 atom stereocenters. The predicted octanol–water partition coefficient (Wildman–Crippen LogP) is 6.31. The highest BCUT2D eigenvalue weighted by molar-refractivity contribution is 9.10. The van der Waals surface area contributed by atoms with Gasteiger partial charge < -0.3 is 34.5 Å². The van der Waals surface area contributed by atoms with Crippen LogP contribution in [0.2, 0.25) is 0 Å². The van der Waals surface area contributed by atoms with Gasteiger partial charge in [0.05, 0.1) is 34.7 Å². The van der Waals surface area contributed by atoms with Gasteiger partial charge in [0.1, 0.15) is 25.3 Å². The molecule has 4 heterocycles. The number of aromatic nitrogens is 3. The number of hydrogen-bond acceptors (Lipinski definition) is 10. The van der Waals surface area contributed by atoms with Gasteiger partial charge in [-0.25, -0.2) is 4.98 Å². The first-order chi connectivity index (χ1) is 22.7. The summed E-state index contributed by atoms with van der Waals surface area (Å²) < 4.78 is 25.4. The minimum Gasteiger partial charge on any atom is -0.494 e. The maximum Gasteiger partial charge on any atom is 0.248 e. The highest BCUT2D eigenvalue weighted by Crippen LogP contribution is 2.42. The first kappa shape index (κ1) is 33.2. The summed E-state index contributed by atoms with van der Waals surface area (Å²) >= 11 is 3.58. The molecular weight excluding hydrogens is 681 g/mol. The van der Waals surface area contributed by atoms with Crippen molar-refractivity contribution in [1.82, 2.24) is 19.9 Å². The van der Waals surface area contributed by atoms with Gasteiger partial charge in [-0.15, -0.1) is 0 Å². The first-order valence-electron chi connectivity index (χ1n) is 16.0. The largest absolute Gasteiger partial charge is 0.494 e. The Balaban J connectivity index is 1.23. The minimum atomic E-state index is -2.69. The summed E-state index contributed by atoms with van der Waals surface area (Å²) in [6.07, 6.45) is 6.93. The fraction of sp³-hybridized carbons (Fsp3) is 0.412. The van der Waals surface area contributed by atoms with E-state index >= 15 is 0 Å². The van der Waals surface area contributed by atoms with Gasteiger partial charge >= 0.3 is 0 Å². The highest BCUT2D eigenvalue weighted by atomic mass is 79.9. The Morgan fingerprint density at radius 3 is 2.60 bits per heavy atom. The van der Waals surface area contributed by atoms with Crippen LogP contribution >= 0.6 is 23.1 Å². The molecule has 47 heavy (non-hydrogen) atoms. The zero-order chi connectivity index (χ0) is 33.1. The molecular formula is C34H41BrN7O4P. The normalized spacial score (nSPS) is 16.3. The average Bonchev–Trinajstić information content (AvgIpc) is 3.29. The number of rotatable bonds is 9. The maximum absolute atomic E-state index is 13.5. The molecule has 2 aromatic heterocycles. The van der Waals surface area contributed by atoms with Crippen LogP contribution in [0, 0.1) is 0 Å². The zero-order valence-electron chi connectivity index (χ0n) is 27.3. The van der Waals surface area contributed by atoms with E-state index in [2.05, 4.69) is 60.5 Å². The van der Waals surface area contributed by atoms with Crippen LogP contribution in [0.25, 0.3) is 10.9 Å². The standard InChI is InChI=1S/C34H41BrN7O4P/c1-5-22-17-27(30(45-2)18-29(22)41-14-11-23(12-15-41)42-13-8-16-46-21-31(42)43)39-34-37-19-25(35)33(40-34)38-28-20-36-26-10-7-6-9-24(26)32(28)47(3,4)44/h6-7,9-10,17-20,23H,5,8,11-16,21H2,1-4H3,(H2,37,38,39,40). The van der Waals surface area contributed by atoms with Gasteiger partial charge in [-0.3, -0.25) is 9.78 Å². The predicted molar refractivity (Wildman–Crippen MR) is 192 cm³/mol. The molecule has 2 fully saturated rings. The summed E-state index contributed by atoms with van der Waals surface area (Å²) in [6, 6.07) is 12.1. The molecule has 13 heteroatoms. The maximum atomic E-state index is 13.5. The zero-order valence-corrected chi connectivity index (χ0v) is 29.7. The van der Waals surface area contributed by atoms with Crippen molar-refractivity contribution >= 4 is 74.0 Å². The SMILES string of the molecule is CCc1cc(Nc2ncc(Br)c(Nc3cnc4ccccc4c3P(C)(C)=O)n2)c(OC)cc1N1CCC(N2CCCOCC2=O)CC1. The van der Waals surface area contributed by atoms with E-state index in [4.69, 9.17) is 14.5 Å². The van der Waals surface area contributed by atoms with Crippen LogP contribution in [0.3, 0.4) is 0 Å². The molecule has 0 aliphatic carbocycles. The number of piperidine rings is 1. The van der Waals surface area contributed by atoms with E-state index in [0.29, 0.717) is 34.3 Å². The third kappa shape index (κ3) is 7.24. The number of nitrogens with zero attached hydrogens (tertiary/aromatic N) is 5. The van der Waals surface area contributed by atoms with E-state index in [1.165, 1.54) is 5.56 Å². The quantitative estimate of drug-likeness (QED) is 0.190. The van der Waals surface area contributed by atoms with Gasteiger partial charge in [0.2, 0.25) is 11.9 Å². The van der Waals surface area contributed by atoms with E-state index < -0.39 is 7.14 Å². The number of benzene rings is 2. The third-order valence-corrected chi connectivity index (χ3v) is 10.9. The molecule has 0 unspecified atom stereocenters. The summed E-state index contributed by atoms with van der Waals surface area (Å²) in [7, 11) is -1.03. The Kier molecular flexibility index (Phi) is 10.0. The molecule has 0 spiro atoms. The number of hydrogen-bond donors (Lipinski definition) is 2. The van der Waals surface area contributed by atoms with Gasteiger partial charge in [-0.2, -0.15) is 4.98 Å². The van der Waals surface area contributed by atoms with Crippen molar-refractivity contribution < 1.29 is 18.8 Å². The van der Waals surface area contributed by atoms with Crippen LogP contribution < -0.4 is 25.6 Å². The molecule has 1 amide bonds. The molecule has 0 radical (unpaired) electrons. The molecule has 0 saturated carbocycles. The molecule has 11 nitrogen and oxygen atoms in total. The molecule has 4 aromatic rings. The second-order valence-electron chi connectivity index (χ2n) is 12.3. The van der Waals surface area contributed by atoms with E-state index in [1.807, 2.05) is 29.2 Å². The van der Waals surface area contributed by atoms with Crippen LogP contribution in [0.5, 0.6) is 5.75 Å². The molecule has 2 saturated heterocycles. The van der Waals surface area contributed by atoms with Gasteiger partial charge in [0, 0.05) is 60.9 Å². The molecule has 2 aliphatic rings. The Hall–Kier alpha value is -3.73. The Morgan fingerprint density at radius 1 is 1.06 bits per heavy atom. The number of methoxy groups -OCH3 is 1. The Labute approximate surface area is 284 Å². The minimum absolute atomic E-state index is 0.103. The van der Waals surface area contributed by atoms with Gasteiger partial charge in [-0.1, -0.05) is 25.1 Å². The van der Waals surface area contributed by atoms with Crippen molar-refractivity contribution in [3.05, 3.63) is 58.8 Å². The molecule has 248 valence electrons. The second-order valence-corrected chi connectivity index (χ2v) is 16.3. The summed E-state index contributed by atoms with van der Waals surface area (Å²) in [5, 5.41) is 8.30. The average molecular weight is 723 g/mol. The number of fused-ring (bicyclic) bond motifs is 1. The number of carbonyl (C=O) groups is 1. The number of nitrogens with one attached hydrogen (secondary N) is 2. The number of ether oxygens (including phenoxy) is 2. The van der Waals surface area contributed by atoms with E-state index in [0.717, 1.165) is 72.9 Å².